The molecule has 0 heterocycles. The molecule has 20 heavy (non-hydrogen) atoms. The minimum absolute atomic E-state index is 0.574. The van der Waals surface area contributed by atoms with Gasteiger partial charge in [-0.1, -0.05) is 42.0 Å². The van der Waals surface area contributed by atoms with E-state index >= 15 is 0 Å². The summed E-state index contributed by atoms with van der Waals surface area (Å²) in [6, 6.07) is 12.5. The highest BCUT2D eigenvalue weighted by Gasteiger charge is 2.28. The second-order valence-electron chi connectivity index (χ2n) is 5.66. The molecule has 2 nitrogen and oxygen atoms in total. The number of benzene rings is 2. The van der Waals surface area contributed by atoms with Gasteiger partial charge in [-0.25, -0.2) is 0 Å². The highest BCUT2D eigenvalue weighted by atomic mass is 16.5. The van der Waals surface area contributed by atoms with Crippen molar-refractivity contribution in [3.63, 3.8) is 0 Å². The van der Waals surface area contributed by atoms with Crippen molar-refractivity contribution in [2.45, 2.75) is 33.2 Å². The Labute approximate surface area is 121 Å². The van der Waals surface area contributed by atoms with Gasteiger partial charge in [0.1, 0.15) is 5.75 Å². The average Bonchev–Trinajstić information content (AvgIpc) is 2.41. The minimum Gasteiger partial charge on any atom is -0.496 e. The first-order chi connectivity index (χ1) is 9.37. The van der Waals surface area contributed by atoms with Crippen LogP contribution < -0.4 is 10.5 Å². The van der Waals surface area contributed by atoms with Crippen LogP contribution in [0.15, 0.2) is 36.4 Å². The summed E-state index contributed by atoms with van der Waals surface area (Å²) in [6.45, 7) is 8.28. The van der Waals surface area contributed by atoms with Gasteiger partial charge in [0.05, 0.1) is 12.6 Å². The van der Waals surface area contributed by atoms with E-state index in [0.717, 1.165) is 22.4 Å². The van der Waals surface area contributed by atoms with Crippen LogP contribution in [0.3, 0.4) is 0 Å². The first-order valence-electron chi connectivity index (χ1n) is 6.88. The molecule has 106 valence electrons. The number of rotatable bonds is 3. The second-order valence-corrected chi connectivity index (χ2v) is 5.66. The van der Waals surface area contributed by atoms with Crippen LogP contribution in [-0.2, 0) is 5.54 Å². The van der Waals surface area contributed by atoms with Gasteiger partial charge in [-0.3, -0.25) is 0 Å². The van der Waals surface area contributed by atoms with Crippen LogP contribution in [0, 0.1) is 20.8 Å². The molecule has 2 heteroatoms. The number of hydrogen-bond acceptors (Lipinski definition) is 2. The maximum Gasteiger partial charge on any atom is 0.127 e. The lowest BCUT2D eigenvalue weighted by Crippen LogP contribution is -2.35. The number of nitrogens with two attached hydrogens (primary N) is 1. The van der Waals surface area contributed by atoms with E-state index < -0.39 is 5.54 Å². The summed E-state index contributed by atoms with van der Waals surface area (Å²) in [6.07, 6.45) is 0. The van der Waals surface area contributed by atoms with Crippen molar-refractivity contribution in [1.82, 2.24) is 0 Å². The third kappa shape index (κ3) is 2.44. The van der Waals surface area contributed by atoms with E-state index in [-0.39, 0.29) is 0 Å². The molecule has 2 rings (SSSR count). The van der Waals surface area contributed by atoms with Crippen molar-refractivity contribution in [2.75, 3.05) is 7.11 Å². The Morgan fingerprint density at radius 2 is 1.75 bits per heavy atom. The van der Waals surface area contributed by atoms with Gasteiger partial charge in [0.15, 0.2) is 0 Å². The number of aryl methyl sites for hydroxylation is 2. The van der Waals surface area contributed by atoms with E-state index in [0.29, 0.717) is 0 Å². The molecule has 1 unspecified atom stereocenters. The van der Waals surface area contributed by atoms with E-state index in [1.807, 2.05) is 13.0 Å². The summed E-state index contributed by atoms with van der Waals surface area (Å²) in [7, 11) is 1.71. The van der Waals surface area contributed by atoms with Crippen LogP contribution in [0.5, 0.6) is 5.75 Å². The lowest BCUT2D eigenvalue weighted by Gasteiger charge is -2.29. The molecule has 2 aromatic carbocycles. The third-order valence-corrected chi connectivity index (χ3v) is 4.06. The van der Waals surface area contributed by atoms with Crippen LogP contribution in [0.4, 0.5) is 0 Å². The van der Waals surface area contributed by atoms with Gasteiger partial charge < -0.3 is 10.5 Å². The molecule has 0 saturated heterocycles. The highest BCUT2D eigenvalue weighted by Crippen LogP contribution is 2.36. The van der Waals surface area contributed by atoms with Crippen LogP contribution in [0.25, 0.3) is 0 Å². The highest BCUT2D eigenvalue weighted by molar-refractivity contribution is 5.52. The van der Waals surface area contributed by atoms with Crippen molar-refractivity contribution >= 4 is 0 Å². The van der Waals surface area contributed by atoms with Gasteiger partial charge in [-0.05, 0) is 44.4 Å². The number of ether oxygens (including phenoxy) is 1. The van der Waals surface area contributed by atoms with Gasteiger partial charge in [0, 0.05) is 5.56 Å². The largest absolute Gasteiger partial charge is 0.496 e. The maximum atomic E-state index is 6.64. The van der Waals surface area contributed by atoms with Crippen LogP contribution in [0.1, 0.15) is 34.7 Å². The van der Waals surface area contributed by atoms with Crippen LogP contribution >= 0.6 is 0 Å². The van der Waals surface area contributed by atoms with Crippen molar-refractivity contribution in [2.24, 2.45) is 5.73 Å². The normalized spacial score (nSPS) is 13.9. The van der Waals surface area contributed by atoms with Gasteiger partial charge in [0.2, 0.25) is 0 Å². The monoisotopic (exact) mass is 269 g/mol. The topological polar surface area (TPSA) is 35.2 Å². The zero-order valence-corrected chi connectivity index (χ0v) is 12.9. The standard InChI is InChI=1S/C18H23NO/c1-12-7-6-8-15(11-12)18(4,19)16-10-9-13(2)14(3)17(16)20-5/h6-11H,19H2,1-5H3. The Balaban J connectivity index is 2.63. The zero-order chi connectivity index (χ0) is 14.9. The molecule has 0 aliphatic carbocycles. The first-order valence-corrected chi connectivity index (χ1v) is 6.88. The van der Waals surface area contributed by atoms with Crippen molar-refractivity contribution < 1.29 is 4.74 Å². The predicted molar refractivity (Wildman–Crippen MR) is 84.3 cm³/mol. The van der Waals surface area contributed by atoms with E-state index in [4.69, 9.17) is 10.5 Å². The molecule has 0 fully saturated rings. The summed E-state index contributed by atoms with van der Waals surface area (Å²) in [5.41, 5.74) is 11.8. The smallest absolute Gasteiger partial charge is 0.127 e. The molecule has 0 amide bonds. The fourth-order valence-corrected chi connectivity index (χ4v) is 2.59. The number of hydrogen-bond donors (Lipinski definition) is 1. The van der Waals surface area contributed by atoms with Crippen molar-refractivity contribution in [1.29, 1.82) is 0 Å². The van der Waals surface area contributed by atoms with Crippen LogP contribution in [-0.4, -0.2) is 7.11 Å². The van der Waals surface area contributed by atoms with Crippen LogP contribution in [0.2, 0.25) is 0 Å². The lowest BCUT2D eigenvalue weighted by molar-refractivity contribution is 0.395. The summed E-state index contributed by atoms with van der Waals surface area (Å²) < 4.78 is 5.62. The van der Waals surface area contributed by atoms with Crippen molar-refractivity contribution in [3.05, 3.63) is 64.2 Å². The average molecular weight is 269 g/mol. The Morgan fingerprint density at radius 1 is 1.05 bits per heavy atom. The molecule has 2 aromatic rings. The summed E-state index contributed by atoms with van der Waals surface area (Å²) in [4.78, 5) is 0. The van der Waals surface area contributed by atoms with Gasteiger partial charge in [-0.15, -0.1) is 0 Å². The quantitative estimate of drug-likeness (QED) is 0.918. The zero-order valence-electron chi connectivity index (χ0n) is 12.9. The molecule has 0 aliphatic rings. The SMILES string of the molecule is COc1c(C(C)(N)c2cccc(C)c2)ccc(C)c1C. The molecule has 0 bridgehead atoms. The molecule has 0 aromatic heterocycles. The minimum atomic E-state index is -0.574. The molecular weight excluding hydrogens is 246 g/mol. The summed E-state index contributed by atoms with van der Waals surface area (Å²) >= 11 is 0. The molecule has 2 N–H and O–H groups in total. The number of methoxy groups -OCH3 is 1. The molecule has 0 radical (unpaired) electrons. The Bertz CT molecular complexity index is 629. The molecule has 0 aliphatic heterocycles. The van der Waals surface area contributed by atoms with Gasteiger partial charge in [0.25, 0.3) is 0 Å². The van der Waals surface area contributed by atoms with Gasteiger partial charge in [-0.2, -0.15) is 0 Å². The Morgan fingerprint density at radius 3 is 2.35 bits per heavy atom. The third-order valence-electron chi connectivity index (χ3n) is 4.06. The second kappa shape index (κ2) is 5.29. The fourth-order valence-electron chi connectivity index (χ4n) is 2.59. The van der Waals surface area contributed by atoms with E-state index in [2.05, 4.69) is 51.1 Å². The van der Waals surface area contributed by atoms with Gasteiger partial charge >= 0.3 is 0 Å². The molecule has 0 saturated carbocycles. The van der Waals surface area contributed by atoms with E-state index in [1.165, 1.54) is 11.1 Å². The fraction of sp³-hybridized carbons (Fsp3) is 0.333. The van der Waals surface area contributed by atoms with E-state index in [1.54, 1.807) is 7.11 Å². The summed E-state index contributed by atoms with van der Waals surface area (Å²) in [5, 5.41) is 0. The lowest BCUT2D eigenvalue weighted by atomic mass is 9.83. The first kappa shape index (κ1) is 14.6. The predicted octanol–water partition coefficient (Wildman–Crippen LogP) is 3.84. The van der Waals surface area contributed by atoms with Crippen molar-refractivity contribution in [3.8, 4) is 5.75 Å². The Hall–Kier alpha value is -1.80. The maximum absolute atomic E-state index is 6.64. The Kier molecular flexibility index (Phi) is 3.87. The molecule has 1 atom stereocenters. The molecular formula is C18H23NO. The van der Waals surface area contributed by atoms with E-state index in [9.17, 15) is 0 Å². The summed E-state index contributed by atoms with van der Waals surface area (Å²) in [5.74, 6) is 0.886. The molecule has 0 spiro atoms.